The molecule has 0 aromatic heterocycles. The smallest absolute Gasteiger partial charge is 0.0342 e. The molecule has 2 N–H and O–H groups in total. The number of benzene rings is 1. The second-order valence-electron chi connectivity index (χ2n) is 5.27. The van der Waals surface area contributed by atoms with Gasteiger partial charge in [-0.2, -0.15) is 0 Å². The molecule has 2 unspecified atom stereocenters. The van der Waals surface area contributed by atoms with Gasteiger partial charge >= 0.3 is 0 Å². The fourth-order valence-corrected chi connectivity index (χ4v) is 2.76. The summed E-state index contributed by atoms with van der Waals surface area (Å²) in [6, 6.07) is 9.37. The lowest BCUT2D eigenvalue weighted by molar-refractivity contribution is 0.306. The summed E-state index contributed by atoms with van der Waals surface area (Å²) in [5.74, 6) is 0.821. The Morgan fingerprint density at radius 1 is 1.29 bits per heavy atom. The highest BCUT2D eigenvalue weighted by molar-refractivity contribution is 5.45. The van der Waals surface area contributed by atoms with Crippen LogP contribution in [0, 0.1) is 12.8 Å². The normalized spacial score (nSPS) is 24.6. The first-order valence-electron chi connectivity index (χ1n) is 6.75. The third-order valence-corrected chi connectivity index (χ3v) is 3.80. The van der Waals surface area contributed by atoms with Crippen molar-refractivity contribution in [2.45, 2.75) is 38.6 Å². The van der Waals surface area contributed by atoms with Gasteiger partial charge in [0.15, 0.2) is 0 Å². The predicted octanol–water partition coefficient (Wildman–Crippen LogP) is 3.19. The maximum atomic E-state index is 3.57. The highest BCUT2D eigenvalue weighted by Crippen LogP contribution is 2.24. The van der Waals surface area contributed by atoms with Crippen LogP contribution in [0.15, 0.2) is 24.3 Å². The second-order valence-corrected chi connectivity index (χ2v) is 5.27. The number of rotatable bonds is 4. The van der Waals surface area contributed by atoms with Crippen LogP contribution in [0.5, 0.6) is 0 Å². The highest BCUT2D eigenvalue weighted by atomic mass is 14.9. The van der Waals surface area contributed by atoms with Crippen LogP contribution in [-0.4, -0.2) is 19.6 Å². The molecule has 94 valence electrons. The molecule has 0 saturated heterocycles. The topological polar surface area (TPSA) is 24.1 Å². The molecular weight excluding hydrogens is 208 g/mol. The van der Waals surface area contributed by atoms with Gasteiger partial charge in [0.1, 0.15) is 0 Å². The molecule has 1 aromatic rings. The van der Waals surface area contributed by atoms with Crippen LogP contribution in [0.25, 0.3) is 0 Å². The van der Waals surface area contributed by atoms with Gasteiger partial charge in [0.2, 0.25) is 0 Å². The van der Waals surface area contributed by atoms with Crippen LogP contribution in [-0.2, 0) is 0 Å². The van der Waals surface area contributed by atoms with Crippen LogP contribution in [0.2, 0.25) is 0 Å². The summed E-state index contributed by atoms with van der Waals surface area (Å²) in [5, 5.41) is 6.99. The molecular formula is C15H24N2. The van der Waals surface area contributed by atoms with Crippen molar-refractivity contribution in [3.05, 3.63) is 29.8 Å². The van der Waals surface area contributed by atoms with Gasteiger partial charge in [0.25, 0.3) is 0 Å². The standard InChI is InChI=1S/C15H24N2/c1-12-5-3-8-15(9-12)17-11-13-6-4-7-14(10-13)16-2/h3,5,8-9,13-14,16-17H,4,6-7,10-11H2,1-2H3. The Labute approximate surface area is 105 Å². The van der Waals surface area contributed by atoms with Crippen LogP contribution >= 0.6 is 0 Å². The molecule has 2 nitrogen and oxygen atoms in total. The summed E-state index contributed by atoms with van der Waals surface area (Å²) in [6.45, 7) is 3.25. The van der Waals surface area contributed by atoms with E-state index in [9.17, 15) is 0 Å². The van der Waals surface area contributed by atoms with Gasteiger partial charge < -0.3 is 10.6 Å². The summed E-state index contributed by atoms with van der Waals surface area (Å²) < 4.78 is 0. The molecule has 1 aliphatic carbocycles. The first-order valence-corrected chi connectivity index (χ1v) is 6.75. The minimum atomic E-state index is 0.730. The number of aryl methyl sites for hydroxylation is 1. The number of hydrogen-bond acceptors (Lipinski definition) is 2. The molecule has 0 bridgehead atoms. The van der Waals surface area contributed by atoms with E-state index in [1.807, 2.05) is 0 Å². The SMILES string of the molecule is CNC1CCCC(CNc2cccc(C)c2)C1. The van der Waals surface area contributed by atoms with E-state index in [-0.39, 0.29) is 0 Å². The molecule has 2 rings (SSSR count). The number of nitrogens with one attached hydrogen (secondary N) is 2. The largest absolute Gasteiger partial charge is 0.385 e. The molecule has 1 aromatic carbocycles. The van der Waals surface area contributed by atoms with E-state index in [2.05, 4.69) is 48.9 Å². The van der Waals surface area contributed by atoms with Gasteiger partial charge in [0.05, 0.1) is 0 Å². The molecule has 2 heteroatoms. The van der Waals surface area contributed by atoms with Crippen molar-refractivity contribution in [3.63, 3.8) is 0 Å². The van der Waals surface area contributed by atoms with E-state index in [4.69, 9.17) is 0 Å². The van der Waals surface area contributed by atoms with E-state index in [0.29, 0.717) is 0 Å². The lowest BCUT2D eigenvalue weighted by Crippen LogP contribution is -2.33. The zero-order valence-electron chi connectivity index (χ0n) is 11.0. The van der Waals surface area contributed by atoms with Gasteiger partial charge in [-0.1, -0.05) is 18.6 Å². The lowest BCUT2D eigenvalue weighted by atomic mass is 9.85. The lowest BCUT2D eigenvalue weighted by Gasteiger charge is -2.29. The minimum absolute atomic E-state index is 0.730. The monoisotopic (exact) mass is 232 g/mol. The molecule has 2 atom stereocenters. The van der Waals surface area contributed by atoms with E-state index in [1.165, 1.54) is 36.9 Å². The van der Waals surface area contributed by atoms with Gasteiger partial charge in [-0.25, -0.2) is 0 Å². The van der Waals surface area contributed by atoms with Crippen LogP contribution < -0.4 is 10.6 Å². The van der Waals surface area contributed by atoms with Crippen molar-refractivity contribution in [2.75, 3.05) is 18.9 Å². The Balaban J connectivity index is 1.81. The van der Waals surface area contributed by atoms with Gasteiger partial charge in [-0.3, -0.25) is 0 Å². The highest BCUT2D eigenvalue weighted by Gasteiger charge is 2.20. The number of anilines is 1. The second kappa shape index (κ2) is 6.06. The molecule has 0 heterocycles. The Morgan fingerprint density at radius 3 is 2.94 bits per heavy atom. The van der Waals surface area contributed by atoms with Crippen molar-refractivity contribution >= 4 is 5.69 Å². The minimum Gasteiger partial charge on any atom is -0.385 e. The Morgan fingerprint density at radius 2 is 2.18 bits per heavy atom. The maximum absolute atomic E-state index is 3.57. The van der Waals surface area contributed by atoms with Crippen LogP contribution in [0.1, 0.15) is 31.2 Å². The van der Waals surface area contributed by atoms with Crippen LogP contribution in [0.3, 0.4) is 0 Å². The Hall–Kier alpha value is -1.02. The third-order valence-electron chi connectivity index (χ3n) is 3.80. The molecule has 0 spiro atoms. The van der Waals surface area contributed by atoms with Gasteiger partial charge in [0, 0.05) is 18.3 Å². The molecule has 0 amide bonds. The summed E-state index contributed by atoms with van der Waals surface area (Å²) in [7, 11) is 2.08. The summed E-state index contributed by atoms with van der Waals surface area (Å²) in [5.41, 5.74) is 2.59. The zero-order chi connectivity index (χ0) is 12.1. The summed E-state index contributed by atoms with van der Waals surface area (Å²) in [6.07, 6.45) is 5.40. The fraction of sp³-hybridized carbons (Fsp3) is 0.600. The first kappa shape index (κ1) is 12.4. The van der Waals surface area contributed by atoms with Gasteiger partial charge in [-0.05, 0) is 56.8 Å². The molecule has 17 heavy (non-hydrogen) atoms. The van der Waals surface area contributed by atoms with Gasteiger partial charge in [-0.15, -0.1) is 0 Å². The van der Waals surface area contributed by atoms with Crippen molar-refractivity contribution < 1.29 is 0 Å². The van der Waals surface area contributed by atoms with E-state index in [0.717, 1.165) is 18.5 Å². The Kier molecular flexibility index (Phi) is 4.43. The average molecular weight is 232 g/mol. The summed E-state index contributed by atoms with van der Waals surface area (Å²) in [4.78, 5) is 0. The van der Waals surface area contributed by atoms with Crippen molar-refractivity contribution in [1.82, 2.24) is 5.32 Å². The third kappa shape index (κ3) is 3.74. The van der Waals surface area contributed by atoms with Crippen LogP contribution in [0.4, 0.5) is 5.69 Å². The van der Waals surface area contributed by atoms with E-state index < -0.39 is 0 Å². The fourth-order valence-electron chi connectivity index (χ4n) is 2.76. The van der Waals surface area contributed by atoms with E-state index in [1.54, 1.807) is 0 Å². The molecule has 0 aliphatic heterocycles. The molecule has 1 fully saturated rings. The quantitative estimate of drug-likeness (QED) is 0.833. The summed E-state index contributed by atoms with van der Waals surface area (Å²) >= 11 is 0. The predicted molar refractivity (Wildman–Crippen MR) is 74.5 cm³/mol. The number of hydrogen-bond donors (Lipinski definition) is 2. The molecule has 0 radical (unpaired) electrons. The average Bonchev–Trinajstić information content (AvgIpc) is 2.37. The van der Waals surface area contributed by atoms with E-state index >= 15 is 0 Å². The molecule has 1 aliphatic rings. The first-order chi connectivity index (χ1) is 8.28. The van der Waals surface area contributed by atoms with Crippen molar-refractivity contribution in [3.8, 4) is 0 Å². The zero-order valence-corrected chi connectivity index (χ0v) is 11.0. The Bertz CT molecular complexity index is 349. The maximum Gasteiger partial charge on any atom is 0.0342 e. The van der Waals surface area contributed by atoms with Crippen molar-refractivity contribution in [1.29, 1.82) is 0 Å². The molecule has 1 saturated carbocycles. The van der Waals surface area contributed by atoms with Crippen molar-refractivity contribution in [2.24, 2.45) is 5.92 Å².